The van der Waals surface area contributed by atoms with Crippen molar-refractivity contribution in [1.82, 2.24) is 25.4 Å². The van der Waals surface area contributed by atoms with Gasteiger partial charge in [0.2, 0.25) is 5.91 Å². The minimum atomic E-state index is -1.68. The first kappa shape index (κ1) is 46.1. The number of imide groups is 1. The number of halogens is 1. The molecule has 3 N–H and O–H groups in total. The van der Waals surface area contributed by atoms with Crippen LogP contribution in [0.15, 0.2) is 23.6 Å². The van der Waals surface area contributed by atoms with E-state index < -0.39 is 77.6 Å². The van der Waals surface area contributed by atoms with E-state index in [0.717, 1.165) is 22.7 Å². The number of piperazine rings is 1. The molecular weight excluding hydrogens is 831 g/mol. The fourth-order valence-corrected chi connectivity index (χ4v) is 9.89. The van der Waals surface area contributed by atoms with Gasteiger partial charge in [-0.1, -0.05) is 52.3 Å². The van der Waals surface area contributed by atoms with E-state index in [1.165, 1.54) is 23.5 Å². The summed E-state index contributed by atoms with van der Waals surface area (Å²) in [7, 11) is 0.200. The first-order valence-electron chi connectivity index (χ1n) is 20.4. The number of nitrogens with one attached hydrogen (secondary N) is 3. The maximum Gasteiger partial charge on any atom is 0.489 e. The van der Waals surface area contributed by atoms with Crippen LogP contribution in [-0.4, -0.2) is 114 Å². The van der Waals surface area contributed by atoms with Crippen LogP contribution < -0.4 is 20.7 Å². The summed E-state index contributed by atoms with van der Waals surface area (Å²) < 4.78 is 30.7. The fourth-order valence-electron chi connectivity index (χ4n) is 8.93. The molecule has 5 aliphatic rings. The number of urea groups is 1. The Kier molecular flexibility index (Phi) is 12.6. The number of thiazole rings is 1. The maximum atomic E-state index is 15.1. The van der Waals surface area contributed by atoms with Gasteiger partial charge in [-0.15, -0.1) is 11.3 Å². The number of rotatable bonds is 11. The quantitative estimate of drug-likeness (QED) is 0.143. The van der Waals surface area contributed by atoms with Gasteiger partial charge < -0.3 is 39.1 Å². The van der Waals surface area contributed by atoms with Crippen LogP contribution in [0.1, 0.15) is 104 Å². The predicted octanol–water partition coefficient (Wildman–Crippen LogP) is 5.62. The number of ether oxygens (including phenoxy) is 3. The van der Waals surface area contributed by atoms with Crippen molar-refractivity contribution in [2.24, 2.45) is 22.7 Å². The molecule has 17 nitrogen and oxygen atoms in total. The van der Waals surface area contributed by atoms with Gasteiger partial charge in [0.05, 0.1) is 29.5 Å². The van der Waals surface area contributed by atoms with Crippen LogP contribution in [0.5, 0.6) is 5.75 Å². The Morgan fingerprint density at radius 2 is 1.77 bits per heavy atom. The number of carbonyl (C=O) groups excluding carboxylic acids is 6. The van der Waals surface area contributed by atoms with Crippen LogP contribution >= 0.6 is 22.9 Å². The van der Waals surface area contributed by atoms with Crippen LogP contribution in [0.4, 0.5) is 14.7 Å². The zero-order valence-electron chi connectivity index (χ0n) is 36.6. The van der Waals surface area contributed by atoms with E-state index in [1.54, 1.807) is 39.8 Å². The van der Waals surface area contributed by atoms with Crippen LogP contribution in [0.3, 0.4) is 0 Å². The molecule has 61 heavy (non-hydrogen) atoms. The molecule has 1 unspecified atom stereocenters. The van der Waals surface area contributed by atoms with Gasteiger partial charge in [-0.05, 0) is 82.3 Å². The molecule has 2 aliphatic heterocycles. The molecule has 5 fully saturated rings. The number of methoxy groups -OCH3 is 1. The number of likely N-dealkylation sites (N-methyl/N-ethyl adjacent to an activating group) is 1. The Labute approximate surface area is 365 Å². The second kappa shape index (κ2) is 16.7. The van der Waals surface area contributed by atoms with Gasteiger partial charge in [0.25, 0.3) is 0 Å². The maximum absolute atomic E-state index is 15.1. The summed E-state index contributed by atoms with van der Waals surface area (Å²) in [6.07, 6.45) is 0.502. The van der Waals surface area contributed by atoms with Gasteiger partial charge in [0, 0.05) is 25.0 Å². The molecule has 1 aromatic carbocycles. The highest BCUT2D eigenvalue weighted by Crippen LogP contribution is 2.66. The Balaban J connectivity index is 1.39. The van der Waals surface area contributed by atoms with E-state index in [4.69, 9.17) is 35.1 Å². The van der Waals surface area contributed by atoms with Crippen molar-refractivity contribution in [3.8, 4) is 5.75 Å². The average Bonchev–Trinajstić information content (AvgIpc) is 3.78. The minimum Gasteiger partial charge on any atom is -0.496 e. The van der Waals surface area contributed by atoms with Gasteiger partial charge in [-0.2, -0.15) is 0 Å². The Bertz CT molecular complexity index is 2090. The third kappa shape index (κ3) is 8.67. The first-order chi connectivity index (χ1) is 28.4. The lowest BCUT2D eigenvalue weighted by molar-refractivity contribution is -0.199. The van der Waals surface area contributed by atoms with Crippen LogP contribution in [0.25, 0.3) is 0 Å². The predicted molar refractivity (Wildman–Crippen MR) is 226 cm³/mol. The molecule has 0 radical (unpaired) electrons. The number of carbonyl (C=O) groups is 6. The lowest BCUT2D eigenvalue weighted by atomic mass is 9.43. The highest BCUT2D eigenvalue weighted by atomic mass is 35.5. The van der Waals surface area contributed by atoms with Gasteiger partial charge in [0.15, 0.2) is 11.2 Å². The molecule has 332 valence electrons. The number of esters is 1. The van der Waals surface area contributed by atoms with E-state index in [-0.39, 0.29) is 64.2 Å². The van der Waals surface area contributed by atoms with E-state index >= 15 is 4.79 Å². The van der Waals surface area contributed by atoms with Crippen molar-refractivity contribution in [3.63, 3.8) is 0 Å². The summed E-state index contributed by atoms with van der Waals surface area (Å²) in [5.74, 6) is -2.93. The molecule has 6 amide bonds. The number of amides is 6. The average molecular weight is 887 g/mol. The monoisotopic (exact) mass is 886 g/mol. The number of anilines is 1. The number of hydrogen-bond donors (Lipinski definition) is 3. The van der Waals surface area contributed by atoms with Crippen LogP contribution in [0, 0.1) is 22.7 Å². The molecule has 1 aromatic heterocycles. The number of aromatic nitrogens is 1. The Hall–Kier alpha value is -4.46. The lowest BCUT2D eigenvalue weighted by Gasteiger charge is -2.64. The lowest BCUT2D eigenvalue weighted by Crippen LogP contribution is -2.71. The second-order valence-corrected chi connectivity index (χ2v) is 20.1. The molecule has 2 aromatic rings. The summed E-state index contributed by atoms with van der Waals surface area (Å²) in [6, 6.07) is 2.04. The summed E-state index contributed by atoms with van der Waals surface area (Å²) in [5, 5.41) is 9.83. The van der Waals surface area contributed by atoms with Crippen molar-refractivity contribution < 1.29 is 52.3 Å². The molecule has 0 spiro atoms. The molecule has 2 bridgehead atoms. The standard InChI is InChI=1S/C41H56BClN6O11S/c1-12-48-16-17-49(32(52)31(48)51)35(54)45-29(24-20-61-34(44-24)46-36(55)58-38(5,6)7)30(50)47-41(37(2,3)4,21-57-33(53)28-23(43)14-13-15-25(28)56-11)42-59-27-19-22-18-26(39(22,8)9)40(27,10)60-42/h13-15,20,22,26-27,29H,12,16-19,21H2,1-11H3,(H,45,54)(H,47,50)(H,44,46,55)/t22-,26-,27+,29?,40-,41-/m0/s1. The summed E-state index contributed by atoms with van der Waals surface area (Å²) in [6.45, 7) is 18.5. The van der Waals surface area contributed by atoms with Gasteiger partial charge in [-0.3, -0.25) is 24.6 Å². The molecule has 3 saturated carbocycles. The summed E-state index contributed by atoms with van der Waals surface area (Å²) >= 11 is 7.45. The van der Waals surface area contributed by atoms with E-state index in [1.807, 2.05) is 27.7 Å². The minimum absolute atomic E-state index is 0.0232. The highest BCUT2D eigenvalue weighted by Gasteiger charge is 2.72. The van der Waals surface area contributed by atoms with Gasteiger partial charge >= 0.3 is 37.0 Å². The largest absolute Gasteiger partial charge is 0.496 e. The third-order valence-corrected chi connectivity index (χ3v) is 13.8. The SMILES string of the molecule is CCN1CCN(C(=O)NC(C(=O)N[C@](COC(=O)c2c(Cl)cccc2OC)(B2O[C@@H]3C[C@@H]4C[C@@H](C4(C)C)[C@]3(C)O2)C(C)(C)C)c2csc(NC(=O)OC(C)(C)C)n2)C(=O)C1=O. The normalized spacial score (nSPS) is 24.8. The summed E-state index contributed by atoms with van der Waals surface area (Å²) in [4.78, 5) is 88.3. The smallest absolute Gasteiger partial charge is 0.489 e. The zero-order valence-corrected chi connectivity index (χ0v) is 38.1. The molecule has 6 atom stereocenters. The Morgan fingerprint density at radius 3 is 2.39 bits per heavy atom. The van der Waals surface area contributed by atoms with Crippen LogP contribution in [-0.2, 0) is 33.2 Å². The van der Waals surface area contributed by atoms with Crippen molar-refractivity contribution in [3.05, 3.63) is 39.9 Å². The van der Waals surface area contributed by atoms with Crippen molar-refractivity contribution >= 4 is 71.0 Å². The van der Waals surface area contributed by atoms with Gasteiger partial charge in [-0.25, -0.2) is 19.4 Å². The number of benzene rings is 1. The topological polar surface area (TPSA) is 204 Å². The summed E-state index contributed by atoms with van der Waals surface area (Å²) in [5.41, 5.74) is -4.37. The third-order valence-electron chi connectivity index (χ3n) is 12.8. The van der Waals surface area contributed by atoms with Crippen LogP contribution in [0.2, 0.25) is 5.02 Å². The molecule has 3 aliphatic carbocycles. The molecule has 20 heteroatoms. The number of nitrogens with zero attached hydrogens (tertiary/aromatic N) is 3. The highest BCUT2D eigenvalue weighted by molar-refractivity contribution is 7.14. The van der Waals surface area contributed by atoms with E-state index in [2.05, 4.69) is 34.8 Å². The molecule has 2 saturated heterocycles. The molecule has 3 heterocycles. The molecule has 7 rings (SSSR count). The zero-order chi connectivity index (χ0) is 45.0. The van der Waals surface area contributed by atoms with Crippen molar-refractivity contribution in [2.75, 3.05) is 38.7 Å². The van der Waals surface area contributed by atoms with Crippen molar-refractivity contribution in [1.29, 1.82) is 0 Å². The van der Waals surface area contributed by atoms with E-state index in [0.29, 0.717) is 12.3 Å². The second-order valence-electron chi connectivity index (χ2n) is 18.8. The van der Waals surface area contributed by atoms with E-state index in [9.17, 15) is 24.0 Å². The first-order valence-corrected chi connectivity index (χ1v) is 21.6. The van der Waals surface area contributed by atoms with Crippen molar-refractivity contribution in [2.45, 2.75) is 111 Å². The van der Waals surface area contributed by atoms with Gasteiger partial charge in [0.1, 0.15) is 29.0 Å². The molecular formula is C41H56BClN6O11S. The fraction of sp³-hybridized carbons (Fsp3) is 0.634. The number of hydrogen-bond acceptors (Lipinski definition) is 13. The Morgan fingerprint density at radius 1 is 1.07 bits per heavy atom.